The van der Waals surface area contributed by atoms with Crippen LogP contribution in [0.2, 0.25) is 0 Å². The topological polar surface area (TPSA) is 54.0 Å². The maximum Gasteiger partial charge on any atom is 0.325 e. The third-order valence-corrected chi connectivity index (χ3v) is 4.71. The summed E-state index contributed by atoms with van der Waals surface area (Å²) in [4.78, 5) is 16.6. The fraction of sp³-hybridized carbons (Fsp3) is 0.263. The van der Waals surface area contributed by atoms with Gasteiger partial charge in [-0.2, -0.15) is 0 Å². The van der Waals surface area contributed by atoms with Gasteiger partial charge in [-0.1, -0.05) is 50.3 Å². The van der Waals surface area contributed by atoms with Crippen LogP contribution in [0, 0.1) is 6.92 Å². The first-order chi connectivity index (χ1) is 11.3. The number of amides is 2. The fourth-order valence-electron chi connectivity index (χ4n) is 2.40. The standard InChI is InChI=1S/C19H21N3OS/c1-12-5-10-15-16(11-12)24-18(21-15)22-17(23)20-14-8-6-13(7-9-14)19(2,3)4/h5-11H,1-4H3,(H2,20,21,22,23). The summed E-state index contributed by atoms with van der Waals surface area (Å²) in [5.74, 6) is 0. The van der Waals surface area contributed by atoms with Gasteiger partial charge in [0, 0.05) is 5.69 Å². The van der Waals surface area contributed by atoms with Gasteiger partial charge >= 0.3 is 6.03 Å². The van der Waals surface area contributed by atoms with Gasteiger partial charge < -0.3 is 5.32 Å². The molecule has 3 rings (SSSR count). The molecular formula is C19H21N3OS. The largest absolute Gasteiger partial charge is 0.325 e. The Hall–Kier alpha value is -2.40. The number of fused-ring (bicyclic) bond motifs is 1. The van der Waals surface area contributed by atoms with Crippen LogP contribution in [0.5, 0.6) is 0 Å². The highest BCUT2D eigenvalue weighted by molar-refractivity contribution is 7.22. The van der Waals surface area contributed by atoms with Crippen molar-refractivity contribution in [2.75, 3.05) is 10.6 Å². The third kappa shape index (κ3) is 3.74. The predicted octanol–water partition coefficient (Wildman–Crippen LogP) is 5.55. The van der Waals surface area contributed by atoms with E-state index in [0.29, 0.717) is 5.13 Å². The smallest absolute Gasteiger partial charge is 0.308 e. The number of hydrogen-bond donors (Lipinski definition) is 2. The van der Waals surface area contributed by atoms with E-state index in [1.54, 1.807) is 0 Å². The van der Waals surface area contributed by atoms with E-state index in [9.17, 15) is 4.79 Å². The molecule has 1 heterocycles. The lowest BCUT2D eigenvalue weighted by Crippen LogP contribution is -2.19. The lowest BCUT2D eigenvalue weighted by molar-refractivity contribution is 0.262. The van der Waals surface area contributed by atoms with Gasteiger partial charge in [-0.15, -0.1) is 0 Å². The number of aryl methyl sites for hydroxylation is 1. The minimum Gasteiger partial charge on any atom is -0.308 e. The summed E-state index contributed by atoms with van der Waals surface area (Å²) < 4.78 is 1.07. The Labute approximate surface area is 145 Å². The monoisotopic (exact) mass is 339 g/mol. The molecule has 24 heavy (non-hydrogen) atoms. The maximum absolute atomic E-state index is 12.2. The lowest BCUT2D eigenvalue weighted by Gasteiger charge is -2.19. The van der Waals surface area contributed by atoms with Crippen LogP contribution < -0.4 is 10.6 Å². The van der Waals surface area contributed by atoms with Crippen molar-refractivity contribution < 1.29 is 4.79 Å². The summed E-state index contributed by atoms with van der Waals surface area (Å²) in [5, 5.41) is 6.24. The summed E-state index contributed by atoms with van der Waals surface area (Å²) in [6.07, 6.45) is 0. The number of benzene rings is 2. The van der Waals surface area contributed by atoms with Gasteiger partial charge in [0.25, 0.3) is 0 Å². The van der Waals surface area contributed by atoms with Crippen LogP contribution in [0.15, 0.2) is 42.5 Å². The second kappa shape index (κ2) is 6.24. The lowest BCUT2D eigenvalue weighted by atomic mass is 9.87. The molecular weight excluding hydrogens is 318 g/mol. The van der Waals surface area contributed by atoms with Crippen molar-refractivity contribution in [2.45, 2.75) is 33.1 Å². The maximum atomic E-state index is 12.2. The van der Waals surface area contributed by atoms with E-state index in [2.05, 4.69) is 42.5 Å². The van der Waals surface area contributed by atoms with Gasteiger partial charge in [-0.3, -0.25) is 5.32 Å². The summed E-state index contributed by atoms with van der Waals surface area (Å²) >= 11 is 1.47. The first kappa shape index (κ1) is 16.5. The Bertz CT molecular complexity index is 876. The Kier molecular flexibility index (Phi) is 4.28. The zero-order valence-electron chi connectivity index (χ0n) is 14.3. The van der Waals surface area contributed by atoms with E-state index >= 15 is 0 Å². The Morgan fingerprint density at radius 3 is 2.42 bits per heavy atom. The van der Waals surface area contributed by atoms with Gasteiger partial charge in [0.2, 0.25) is 0 Å². The Morgan fingerprint density at radius 2 is 1.75 bits per heavy atom. The van der Waals surface area contributed by atoms with Gasteiger partial charge in [0.05, 0.1) is 10.2 Å². The van der Waals surface area contributed by atoms with Crippen LogP contribution in [0.1, 0.15) is 31.9 Å². The number of carbonyl (C=O) groups is 1. The highest BCUT2D eigenvalue weighted by Crippen LogP contribution is 2.27. The number of rotatable bonds is 2. The summed E-state index contributed by atoms with van der Waals surface area (Å²) in [7, 11) is 0. The summed E-state index contributed by atoms with van der Waals surface area (Å²) in [6.45, 7) is 8.53. The van der Waals surface area contributed by atoms with E-state index in [1.807, 2.05) is 43.3 Å². The van der Waals surface area contributed by atoms with Crippen LogP contribution >= 0.6 is 11.3 Å². The van der Waals surface area contributed by atoms with Crippen molar-refractivity contribution in [3.05, 3.63) is 53.6 Å². The second-order valence-corrected chi connectivity index (χ2v) is 7.93. The molecule has 0 spiro atoms. The molecule has 4 nitrogen and oxygen atoms in total. The molecule has 0 bridgehead atoms. The van der Waals surface area contributed by atoms with Gasteiger partial charge in [-0.05, 0) is 47.7 Å². The summed E-state index contributed by atoms with van der Waals surface area (Å²) in [6, 6.07) is 13.7. The van der Waals surface area contributed by atoms with Crippen LogP contribution in [0.25, 0.3) is 10.2 Å². The summed E-state index contributed by atoms with van der Waals surface area (Å²) in [5.41, 5.74) is 4.17. The number of anilines is 2. The Morgan fingerprint density at radius 1 is 1.04 bits per heavy atom. The van der Waals surface area contributed by atoms with Crippen molar-refractivity contribution in [1.29, 1.82) is 0 Å². The quantitative estimate of drug-likeness (QED) is 0.643. The molecule has 3 aromatic rings. The van der Waals surface area contributed by atoms with E-state index < -0.39 is 0 Å². The third-order valence-electron chi connectivity index (χ3n) is 3.77. The van der Waals surface area contributed by atoms with Crippen molar-refractivity contribution in [2.24, 2.45) is 0 Å². The number of hydrogen-bond acceptors (Lipinski definition) is 3. The van der Waals surface area contributed by atoms with Crippen LogP contribution in [-0.2, 0) is 5.41 Å². The van der Waals surface area contributed by atoms with Crippen LogP contribution in [0.3, 0.4) is 0 Å². The van der Waals surface area contributed by atoms with E-state index in [4.69, 9.17) is 0 Å². The highest BCUT2D eigenvalue weighted by Gasteiger charge is 2.13. The van der Waals surface area contributed by atoms with E-state index in [-0.39, 0.29) is 11.4 Å². The fourth-order valence-corrected chi connectivity index (χ4v) is 3.36. The average Bonchev–Trinajstić information content (AvgIpc) is 2.87. The zero-order valence-corrected chi connectivity index (χ0v) is 15.1. The number of urea groups is 1. The molecule has 2 amide bonds. The van der Waals surface area contributed by atoms with E-state index in [0.717, 1.165) is 15.9 Å². The minimum atomic E-state index is -0.283. The number of nitrogens with zero attached hydrogens (tertiary/aromatic N) is 1. The molecule has 0 unspecified atom stereocenters. The number of nitrogens with one attached hydrogen (secondary N) is 2. The molecule has 0 aliphatic carbocycles. The SMILES string of the molecule is Cc1ccc2nc(NC(=O)Nc3ccc(C(C)(C)C)cc3)sc2c1. The zero-order chi connectivity index (χ0) is 17.3. The molecule has 0 aliphatic heterocycles. The number of carbonyl (C=O) groups excluding carboxylic acids is 1. The molecule has 5 heteroatoms. The highest BCUT2D eigenvalue weighted by atomic mass is 32.1. The van der Waals surface area contributed by atoms with Crippen molar-refractivity contribution >= 4 is 38.4 Å². The first-order valence-electron chi connectivity index (χ1n) is 7.87. The minimum absolute atomic E-state index is 0.0971. The van der Waals surface area contributed by atoms with Gasteiger partial charge in [0.1, 0.15) is 0 Å². The molecule has 124 valence electrons. The predicted molar refractivity (Wildman–Crippen MR) is 102 cm³/mol. The molecule has 2 aromatic carbocycles. The Balaban J connectivity index is 1.68. The molecule has 0 fully saturated rings. The molecule has 0 aliphatic rings. The van der Waals surface area contributed by atoms with Gasteiger partial charge in [0.15, 0.2) is 5.13 Å². The second-order valence-electron chi connectivity index (χ2n) is 6.90. The number of thiazole rings is 1. The molecule has 0 radical (unpaired) electrons. The molecule has 0 atom stereocenters. The molecule has 0 saturated heterocycles. The average molecular weight is 339 g/mol. The van der Waals surface area contributed by atoms with E-state index in [1.165, 1.54) is 22.5 Å². The van der Waals surface area contributed by atoms with Crippen molar-refractivity contribution in [3.63, 3.8) is 0 Å². The normalized spacial score (nSPS) is 11.5. The first-order valence-corrected chi connectivity index (χ1v) is 8.69. The van der Waals surface area contributed by atoms with Crippen molar-refractivity contribution in [1.82, 2.24) is 4.98 Å². The van der Waals surface area contributed by atoms with Gasteiger partial charge in [-0.25, -0.2) is 9.78 Å². The molecule has 1 aromatic heterocycles. The van der Waals surface area contributed by atoms with Crippen LogP contribution in [0.4, 0.5) is 15.6 Å². The van der Waals surface area contributed by atoms with Crippen LogP contribution in [-0.4, -0.2) is 11.0 Å². The molecule has 2 N–H and O–H groups in total. The van der Waals surface area contributed by atoms with Crippen molar-refractivity contribution in [3.8, 4) is 0 Å². The number of aromatic nitrogens is 1. The molecule has 0 saturated carbocycles.